The lowest BCUT2D eigenvalue weighted by molar-refractivity contribution is -0.116. The van der Waals surface area contributed by atoms with Crippen LogP contribution in [0.3, 0.4) is 0 Å². The molecule has 2 heterocycles. The summed E-state index contributed by atoms with van der Waals surface area (Å²) in [5.74, 6) is 0.0454. The standard InChI is InChI=1S/C17H15Cl4N5O/c1-10-14(20)7-22-26(10)6-5-16(27)23-17-15(21)9-25(24-17)8-11-12(18)3-2-4-13(11)19/h2-4,7,9H,5-6,8H2,1H3,(H,23,24,27). The van der Waals surface area contributed by atoms with Crippen molar-refractivity contribution in [3.05, 3.63) is 61.9 Å². The van der Waals surface area contributed by atoms with Crippen LogP contribution in [-0.2, 0) is 17.9 Å². The molecule has 0 saturated heterocycles. The van der Waals surface area contributed by atoms with Gasteiger partial charge in [-0.1, -0.05) is 52.5 Å². The van der Waals surface area contributed by atoms with Crippen LogP contribution in [0.5, 0.6) is 0 Å². The van der Waals surface area contributed by atoms with Crippen molar-refractivity contribution < 1.29 is 4.79 Å². The van der Waals surface area contributed by atoms with Crippen LogP contribution < -0.4 is 5.32 Å². The van der Waals surface area contributed by atoms with E-state index in [9.17, 15) is 4.79 Å². The molecule has 0 spiro atoms. The fourth-order valence-corrected chi connectivity index (χ4v) is 3.32. The number of halogens is 4. The van der Waals surface area contributed by atoms with Crippen LogP contribution in [0.4, 0.5) is 5.82 Å². The number of amides is 1. The van der Waals surface area contributed by atoms with E-state index < -0.39 is 0 Å². The minimum atomic E-state index is -0.232. The van der Waals surface area contributed by atoms with E-state index in [0.29, 0.717) is 33.2 Å². The molecule has 0 atom stereocenters. The molecule has 0 radical (unpaired) electrons. The molecule has 142 valence electrons. The molecule has 27 heavy (non-hydrogen) atoms. The highest BCUT2D eigenvalue weighted by Crippen LogP contribution is 2.27. The summed E-state index contributed by atoms with van der Waals surface area (Å²) in [5.41, 5.74) is 1.53. The minimum Gasteiger partial charge on any atom is -0.308 e. The first-order valence-electron chi connectivity index (χ1n) is 7.98. The molecule has 1 aromatic carbocycles. The van der Waals surface area contributed by atoms with Crippen LogP contribution in [-0.4, -0.2) is 25.5 Å². The van der Waals surface area contributed by atoms with Crippen LogP contribution in [0.15, 0.2) is 30.6 Å². The molecule has 0 aliphatic carbocycles. The molecule has 0 fully saturated rings. The monoisotopic (exact) mass is 445 g/mol. The zero-order valence-corrected chi connectivity index (χ0v) is 17.2. The fraction of sp³-hybridized carbons (Fsp3) is 0.235. The number of aromatic nitrogens is 4. The van der Waals surface area contributed by atoms with Crippen molar-refractivity contribution >= 4 is 58.1 Å². The SMILES string of the molecule is Cc1c(Cl)cnn1CCC(=O)Nc1nn(Cc2c(Cl)cccc2Cl)cc1Cl. The summed E-state index contributed by atoms with van der Waals surface area (Å²) in [6, 6.07) is 5.27. The number of hydrogen-bond acceptors (Lipinski definition) is 3. The van der Waals surface area contributed by atoms with E-state index in [0.717, 1.165) is 11.3 Å². The second-order valence-electron chi connectivity index (χ2n) is 5.82. The van der Waals surface area contributed by atoms with Gasteiger partial charge in [0.05, 0.1) is 30.0 Å². The third-order valence-electron chi connectivity index (χ3n) is 3.95. The van der Waals surface area contributed by atoms with Gasteiger partial charge < -0.3 is 5.32 Å². The van der Waals surface area contributed by atoms with Crippen LogP contribution in [0.2, 0.25) is 20.1 Å². The van der Waals surface area contributed by atoms with E-state index in [1.165, 1.54) is 0 Å². The third-order valence-corrected chi connectivity index (χ3v) is 5.31. The van der Waals surface area contributed by atoms with Crippen LogP contribution >= 0.6 is 46.4 Å². The first-order chi connectivity index (χ1) is 12.8. The Bertz CT molecular complexity index is 962. The Morgan fingerprint density at radius 1 is 1.11 bits per heavy atom. The van der Waals surface area contributed by atoms with Crippen molar-refractivity contribution in [1.29, 1.82) is 0 Å². The Labute approximate surface area is 176 Å². The molecule has 1 N–H and O–H groups in total. The number of rotatable bonds is 6. The molecule has 0 aliphatic rings. The lowest BCUT2D eigenvalue weighted by Gasteiger charge is -2.07. The minimum absolute atomic E-state index is 0.207. The second-order valence-corrected chi connectivity index (χ2v) is 7.45. The second kappa shape index (κ2) is 8.52. The van der Waals surface area contributed by atoms with E-state index in [4.69, 9.17) is 46.4 Å². The van der Waals surface area contributed by atoms with Crippen molar-refractivity contribution in [3.63, 3.8) is 0 Å². The highest BCUT2D eigenvalue weighted by Gasteiger charge is 2.14. The van der Waals surface area contributed by atoms with Crippen molar-refractivity contribution in [3.8, 4) is 0 Å². The topological polar surface area (TPSA) is 64.7 Å². The Kier molecular flexibility index (Phi) is 6.32. The molecule has 6 nitrogen and oxygen atoms in total. The van der Waals surface area contributed by atoms with Gasteiger partial charge in [0.2, 0.25) is 5.91 Å². The van der Waals surface area contributed by atoms with Gasteiger partial charge in [-0.15, -0.1) is 0 Å². The summed E-state index contributed by atoms with van der Waals surface area (Å²) in [6.45, 7) is 2.57. The van der Waals surface area contributed by atoms with E-state index in [1.807, 2.05) is 6.92 Å². The molecule has 0 bridgehead atoms. The maximum Gasteiger partial charge on any atom is 0.227 e. The Hall–Kier alpha value is -1.73. The van der Waals surface area contributed by atoms with Gasteiger partial charge in [-0.25, -0.2) is 0 Å². The lowest BCUT2D eigenvalue weighted by atomic mass is 10.2. The summed E-state index contributed by atoms with van der Waals surface area (Å²) < 4.78 is 3.24. The number of carbonyl (C=O) groups is 1. The van der Waals surface area contributed by atoms with Crippen LogP contribution in [0.25, 0.3) is 0 Å². The van der Waals surface area contributed by atoms with Gasteiger partial charge in [0.15, 0.2) is 5.82 Å². The number of benzene rings is 1. The number of anilines is 1. The number of nitrogens with zero attached hydrogens (tertiary/aromatic N) is 4. The summed E-state index contributed by atoms with van der Waals surface area (Å²) in [5, 5.41) is 13.1. The molecule has 0 aliphatic heterocycles. The average molecular weight is 447 g/mol. The highest BCUT2D eigenvalue weighted by atomic mass is 35.5. The molecular weight excluding hydrogens is 432 g/mol. The zero-order chi connectivity index (χ0) is 19.6. The van der Waals surface area contributed by atoms with Gasteiger partial charge in [-0.05, 0) is 19.1 Å². The molecule has 3 aromatic rings. The predicted octanol–water partition coefficient (Wildman–Crippen LogP) is 5.08. The average Bonchev–Trinajstić information content (AvgIpc) is 3.12. The quantitative estimate of drug-likeness (QED) is 0.574. The molecular formula is C17H15Cl4N5O. The molecule has 10 heteroatoms. The van der Waals surface area contributed by atoms with Crippen molar-refractivity contribution in [2.45, 2.75) is 26.4 Å². The van der Waals surface area contributed by atoms with Gasteiger partial charge in [-0.2, -0.15) is 10.2 Å². The van der Waals surface area contributed by atoms with E-state index >= 15 is 0 Å². The number of hydrogen-bond donors (Lipinski definition) is 1. The van der Waals surface area contributed by atoms with Gasteiger partial charge in [0.25, 0.3) is 0 Å². The maximum absolute atomic E-state index is 12.2. The number of aryl methyl sites for hydroxylation is 1. The van der Waals surface area contributed by atoms with Crippen molar-refractivity contribution in [2.75, 3.05) is 5.32 Å². The number of carbonyl (C=O) groups excluding carboxylic acids is 1. The van der Waals surface area contributed by atoms with E-state index in [-0.39, 0.29) is 18.1 Å². The van der Waals surface area contributed by atoms with Gasteiger partial charge in [-0.3, -0.25) is 14.2 Å². The van der Waals surface area contributed by atoms with Crippen LogP contribution in [0.1, 0.15) is 17.7 Å². The number of nitrogens with one attached hydrogen (secondary N) is 1. The van der Waals surface area contributed by atoms with E-state index in [1.54, 1.807) is 40.0 Å². The summed E-state index contributed by atoms with van der Waals surface area (Å²) in [7, 11) is 0. The summed E-state index contributed by atoms with van der Waals surface area (Å²) >= 11 is 24.5. The van der Waals surface area contributed by atoms with Crippen LogP contribution in [0, 0.1) is 6.92 Å². The Balaban J connectivity index is 1.64. The smallest absolute Gasteiger partial charge is 0.227 e. The fourth-order valence-electron chi connectivity index (χ4n) is 2.46. The maximum atomic E-state index is 12.2. The largest absolute Gasteiger partial charge is 0.308 e. The normalized spacial score (nSPS) is 11.0. The highest BCUT2D eigenvalue weighted by molar-refractivity contribution is 6.36. The first kappa shape index (κ1) is 20.0. The Morgan fingerprint density at radius 3 is 2.44 bits per heavy atom. The Morgan fingerprint density at radius 2 is 1.81 bits per heavy atom. The van der Waals surface area contributed by atoms with Crippen molar-refractivity contribution in [2.24, 2.45) is 0 Å². The first-order valence-corrected chi connectivity index (χ1v) is 9.50. The van der Waals surface area contributed by atoms with Gasteiger partial charge in [0, 0.05) is 28.2 Å². The third kappa shape index (κ3) is 4.76. The van der Waals surface area contributed by atoms with Gasteiger partial charge >= 0.3 is 0 Å². The summed E-state index contributed by atoms with van der Waals surface area (Å²) in [6.07, 6.45) is 3.36. The molecule has 0 unspecified atom stereocenters. The van der Waals surface area contributed by atoms with Crippen molar-refractivity contribution in [1.82, 2.24) is 19.6 Å². The molecule has 3 rings (SSSR count). The molecule has 0 saturated carbocycles. The lowest BCUT2D eigenvalue weighted by Crippen LogP contribution is -2.16. The summed E-state index contributed by atoms with van der Waals surface area (Å²) in [4.78, 5) is 12.2. The molecule has 2 aromatic heterocycles. The predicted molar refractivity (Wildman–Crippen MR) is 108 cm³/mol. The zero-order valence-electron chi connectivity index (χ0n) is 14.2. The van der Waals surface area contributed by atoms with E-state index in [2.05, 4.69) is 15.5 Å². The molecule has 1 amide bonds. The van der Waals surface area contributed by atoms with Gasteiger partial charge in [0.1, 0.15) is 5.02 Å².